The van der Waals surface area contributed by atoms with Gasteiger partial charge in [0.05, 0.1) is 24.3 Å². The van der Waals surface area contributed by atoms with Crippen molar-refractivity contribution < 1.29 is 9.21 Å². The topological polar surface area (TPSA) is 95.9 Å². The van der Waals surface area contributed by atoms with Gasteiger partial charge in [0.1, 0.15) is 5.76 Å². The van der Waals surface area contributed by atoms with Gasteiger partial charge in [0.25, 0.3) is 0 Å². The third kappa shape index (κ3) is 5.76. The van der Waals surface area contributed by atoms with Gasteiger partial charge in [0.2, 0.25) is 5.91 Å². The minimum atomic E-state index is -0.671. The van der Waals surface area contributed by atoms with Crippen LogP contribution in [0.5, 0.6) is 0 Å². The number of primary amides is 1. The van der Waals surface area contributed by atoms with Crippen molar-refractivity contribution in [3.05, 3.63) is 24.2 Å². The fourth-order valence-corrected chi connectivity index (χ4v) is 3.01. The Morgan fingerprint density at radius 3 is 2.65 bits per heavy atom. The second-order valence-electron chi connectivity index (χ2n) is 7.45. The highest BCUT2D eigenvalue weighted by molar-refractivity contribution is 5.82. The summed E-state index contributed by atoms with van der Waals surface area (Å²) in [4.78, 5) is 18.5. The van der Waals surface area contributed by atoms with Crippen molar-refractivity contribution in [1.29, 1.82) is 0 Å². The Balaban J connectivity index is 2.04. The number of furan rings is 1. The fourth-order valence-electron chi connectivity index (χ4n) is 3.01. The van der Waals surface area contributed by atoms with Crippen molar-refractivity contribution in [3.8, 4) is 0 Å². The van der Waals surface area contributed by atoms with E-state index in [2.05, 4.69) is 20.5 Å². The number of nitrogens with one attached hydrogen (secondary N) is 2. The van der Waals surface area contributed by atoms with Crippen LogP contribution < -0.4 is 16.4 Å². The number of rotatable bonds is 8. The molecule has 2 heterocycles. The summed E-state index contributed by atoms with van der Waals surface area (Å²) < 4.78 is 5.68. The molecule has 0 spiro atoms. The molecule has 26 heavy (non-hydrogen) atoms. The van der Waals surface area contributed by atoms with Crippen LogP contribution in [0.4, 0.5) is 0 Å². The van der Waals surface area contributed by atoms with Crippen LogP contribution in [0.2, 0.25) is 0 Å². The van der Waals surface area contributed by atoms with Gasteiger partial charge in [-0.25, -0.2) is 0 Å². The lowest BCUT2D eigenvalue weighted by molar-refractivity contribution is -0.125. The molecule has 2 rings (SSSR count). The first kappa shape index (κ1) is 20.3. The summed E-state index contributed by atoms with van der Waals surface area (Å²) in [5, 5.41) is 6.64. The van der Waals surface area contributed by atoms with Crippen LogP contribution in [0.3, 0.4) is 0 Å². The smallest absolute Gasteiger partial charge is 0.224 e. The quantitative estimate of drug-likeness (QED) is 0.484. The number of aliphatic imine (C=N–C) groups is 1. The zero-order valence-electron chi connectivity index (χ0n) is 16.3. The van der Waals surface area contributed by atoms with Gasteiger partial charge in [0.15, 0.2) is 5.96 Å². The van der Waals surface area contributed by atoms with Gasteiger partial charge < -0.3 is 20.8 Å². The first-order chi connectivity index (χ1) is 12.4. The molecule has 1 aromatic heterocycles. The predicted molar refractivity (Wildman–Crippen MR) is 104 cm³/mol. The second-order valence-corrected chi connectivity index (χ2v) is 7.45. The number of carbonyl (C=O) groups is 1. The van der Waals surface area contributed by atoms with E-state index in [4.69, 9.17) is 10.2 Å². The summed E-state index contributed by atoms with van der Waals surface area (Å²) in [6, 6.07) is 4.13. The maximum absolute atomic E-state index is 11.5. The van der Waals surface area contributed by atoms with E-state index < -0.39 is 5.41 Å². The van der Waals surface area contributed by atoms with E-state index in [1.807, 2.05) is 32.9 Å². The summed E-state index contributed by atoms with van der Waals surface area (Å²) in [5.74, 6) is 1.31. The van der Waals surface area contributed by atoms with E-state index in [-0.39, 0.29) is 11.9 Å². The Kier molecular flexibility index (Phi) is 7.50. The third-order valence-electron chi connectivity index (χ3n) is 4.81. The molecule has 1 saturated heterocycles. The van der Waals surface area contributed by atoms with E-state index >= 15 is 0 Å². The summed E-state index contributed by atoms with van der Waals surface area (Å²) in [5.41, 5.74) is 4.78. The monoisotopic (exact) mass is 363 g/mol. The van der Waals surface area contributed by atoms with Crippen molar-refractivity contribution in [2.24, 2.45) is 16.1 Å². The molecule has 4 N–H and O–H groups in total. The van der Waals surface area contributed by atoms with Gasteiger partial charge in [-0.1, -0.05) is 6.42 Å². The van der Waals surface area contributed by atoms with Crippen molar-refractivity contribution >= 4 is 11.9 Å². The average Bonchev–Trinajstić information content (AvgIpc) is 3.15. The van der Waals surface area contributed by atoms with Crippen LogP contribution in [-0.2, 0) is 4.79 Å². The molecule has 1 amide bonds. The van der Waals surface area contributed by atoms with E-state index in [1.165, 1.54) is 19.3 Å². The van der Waals surface area contributed by atoms with Crippen LogP contribution in [0.15, 0.2) is 27.8 Å². The molecule has 0 aliphatic carbocycles. The van der Waals surface area contributed by atoms with Crippen LogP contribution >= 0.6 is 0 Å². The number of hydrogen-bond donors (Lipinski definition) is 3. The molecule has 1 aliphatic rings. The van der Waals surface area contributed by atoms with Gasteiger partial charge in [0, 0.05) is 13.1 Å². The summed E-state index contributed by atoms with van der Waals surface area (Å²) in [6.07, 6.45) is 5.46. The van der Waals surface area contributed by atoms with Gasteiger partial charge in [-0.15, -0.1) is 0 Å². The second kappa shape index (κ2) is 9.62. The van der Waals surface area contributed by atoms with Gasteiger partial charge >= 0.3 is 0 Å². The van der Waals surface area contributed by atoms with Crippen molar-refractivity contribution in [3.63, 3.8) is 0 Å². The number of hydrogen-bond acceptors (Lipinski definition) is 4. The molecule has 1 fully saturated rings. The number of piperidine rings is 1. The van der Waals surface area contributed by atoms with Crippen molar-refractivity contribution in [2.75, 3.05) is 32.7 Å². The highest BCUT2D eigenvalue weighted by Gasteiger charge is 2.26. The maximum atomic E-state index is 11.5. The molecule has 7 nitrogen and oxygen atoms in total. The fraction of sp³-hybridized carbons (Fsp3) is 0.684. The molecule has 146 valence electrons. The molecule has 0 radical (unpaired) electrons. The first-order valence-electron chi connectivity index (χ1n) is 9.53. The lowest BCUT2D eigenvalue weighted by Crippen LogP contribution is -2.45. The molecule has 1 aromatic rings. The summed E-state index contributed by atoms with van der Waals surface area (Å²) in [6.45, 7) is 9.57. The molecule has 0 bridgehead atoms. The van der Waals surface area contributed by atoms with Crippen LogP contribution in [-0.4, -0.2) is 49.5 Å². The van der Waals surface area contributed by atoms with E-state index in [0.717, 1.165) is 25.4 Å². The number of guanidine groups is 1. The van der Waals surface area contributed by atoms with E-state index in [9.17, 15) is 4.79 Å². The highest BCUT2D eigenvalue weighted by Crippen LogP contribution is 2.24. The third-order valence-corrected chi connectivity index (χ3v) is 4.81. The standard InChI is InChI=1S/C19H33N5O2/c1-4-21-18(23-14-19(2,3)17(20)25)22-13-15(16-9-8-12-26-16)24-10-6-5-7-11-24/h8-9,12,15H,4-7,10-11,13-14H2,1-3H3,(H2,20,25)(H2,21,22,23). The van der Waals surface area contributed by atoms with Crippen LogP contribution in [0.25, 0.3) is 0 Å². The first-order valence-corrected chi connectivity index (χ1v) is 9.53. The molecule has 1 unspecified atom stereocenters. The molecule has 1 aliphatic heterocycles. The lowest BCUT2D eigenvalue weighted by atomic mass is 9.93. The van der Waals surface area contributed by atoms with Crippen LogP contribution in [0.1, 0.15) is 51.8 Å². The van der Waals surface area contributed by atoms with Crippen molar-refractivity contribution in [1.82, 2.24) is 15.5 Å². The SMILES string of the molecule is CCNC(=NCC(C)(C)C(N)=O)NCC(c1ccco1)N1CCCCC1. The Morgan fingerprint density at radius 1 is 1.35 bits per heavy atom. The molecule has 1 atom stereocenters. The molecule has 0 saturated carbocycles. The number of nitrogens with zero attached hydrogens (tertiary/aromatic N) is 2. The molecular formula is C19H33N5O2. The van der Waals surface area contributed by atoms with E-state index in [1.54, 1.807) is 6.26 Å². The largest absolute Gasteiger partial charge is 0.468 e. The summed E-state index contributed by atoms with van der Waals surface area (Å²) >= 11 is 0. The van der Waals surface area contributed by atoms with Crippen LogP contribution in [0, 0.1) is 5.41 Å². The minimum Gasteiger partial charge on any atom is -0.468 e. The summed E-state index contributed by atoms with van der Waals surface area (Å²) in [7, 11) is 0. The number of likely N-dealkylation sites (tertiary alicyclic amines) is 1. The van der Waals surface area contributed by atoms with Gasteiger partial charge in [-0.05, 0) is 58.8 Å². The molecule has 7 heteroatoms. The Bertz CT molecular complexity index is 577. The zero-order chi connectivity index (χ0) is 19.0. The zero-order valence-corrected chi connectivity index (χ0v) is 16.3. The van der Waals surface area contributed by atoms with Crippen molar-refractivity contribution in [2.45, 2.75) is 46.1 Å². The molecule has 0 aromatic carbocycles. The number of carbonyl (C=O) groups excluding carboxylic acids is 1. The van der Waals surface area contributed by atoms with Gasteiger partial charge in [-0.3, -0.25) is 14.7 Å². The number of amides is 1. The lowest BCUT2D eigenvalue weighted by Gasteiger charge is -2.33. The molecular weight excluding hydrogens is 330 g/mol. The predicted octanol–water partition coefficient (Wildman–Crippen LogP) is 1.87. The minimum absolute atomic E-state index is 0.165. The normalized spacial score (nSPS) is 17.7. The average molecular weight is 364 g/mol. The highest BCUT2D eigenvalue weighted by atomic mass is 16.3. The number of nitrogens with two attached hydrogens (primary N) is 1. The Labute approximate surface area is 156 Å². The Hall–Kier alpha value is -2.02. The Morgan fingerprint density at radius 2 is 2.08 bits per heavy atom. The van der Waals surface area contributed by atoms with Gasteiger partial charge in [-0.2, -0.15) is 0 Å². The van der Waals surface area contributed by atoms with E-state index in [0.29, 0.717) is 19.0 Å². The maximum Gasteiger partial charge on any atom is 0.224 e.